The number of aromatic amines is 1. The number of hydrogen-bond donors (Lipinski definition) is 1. The van der Waals surface area contributed by atoms with Gasteiger partial charge < -0.3 is 4.98 Å². The molecule has 3 rings (SSSR count). The molecule has 0 unspecified atom stereocenters. The van der Waals surface area contributed by atoms with Crippen molar-refractivity contribution in [3.05, 3.63) is 28.7 Å². The topological polar surface area (TPSA) is 70.2 Å². The third-order valence-corrected chi connectivity index (χ3v) is 6.77. The number of nitrogens with one attached hydrogen (secondary N) is 1. The average molecular weight is 296 g/mol. The summed E-state index contributed by atoms with van der Waals surface area (Å²) < 4.78 is 26.5. The van der Waals surface area contributed by atoms with Crippen LogP contribution < -0.4 is 5.43 Å². The van der Waals surface area contributed by atoms with Crippen molar-refractivity contribution in [2.75, 3.05) is 13.1 Å². The van der Waals surface area contributed by atoms with Crippen molar-refractivity contribution < 1.29 is 8.42 Å². The zero-order chi connectivity index (χ0) is 14.2. The van der Waals surface area contributed by atoms with Gasteiger partial charge in [-0.2, -0.15) is 4.31 Å². The maximum absolute atomic E-state index is 12.5. The monoisotopic (exact) mass is 296 g/mol. The van der Waals surface area contributed by atoms with E-state index in [9.17, 15) is 13.2 Å². The lowest BCUT2D eigenvalue weighted by Crippen LogP contribution is -2.43. The first kappa shape index (κ1) is 13.8. The van der Waals surface area contributed by atoms with E-state index in [1.54, 1.807) is 0 Å². The average Bonchev–Trinajstić information content (AvgIpc) is 2.88. The van der Waals surface area contributed by atoms with Gasteiger partial charge in [0.15, 0.2) is 0 Å². The van der Waals surface area contributed by atoms with E-state index in [1.807, 2.05) is 0 Å². The Labute approximate surface area is 119 Å². The minimum absolute atomic E-state index is 0.137. The molecule has 0 amide bonds. The van der Waals surface area contributed by atoms with E-state index in [-0.39, 0.29) is 4.90 Å². The molecular formula is C14H20N2O3S. The lowest BCUT2D eigenvalue weighted by atomic mass is 9.78. The summed E-state index contributed by atoms with van der Waals surface area (Å²) in [5, 5.41) is 0. The molecule has 1 saturated heterocycles. The molecule has 1 saturated carbocycles. The molecule has 20 heavy (non-hydrogen) atoms. The Morgan fingerprint density at radius 3 is 2.35 bits per heavy atom. The highest BCUT2D eigenvalue weighted by Gasteiger charge is 2.40. The Hall–Kier alpha value is -1.14. The molecule has 2 fully saturated rings. The number of nitrogens with zero attached hydrogens (tertiary/aromatic N) is 1. The van der Waals surface area contributed by atoms with Crippen LogP contribution >= 0.6 is 0 Å². The molecular weight excluding hydrogens is 276 g/mol. The Kier molecular flexibility index (Phi) is 3.46. The number of aromatic nitrogens is 1. The number of sulfonamides is 1. The molecule has 1 aliphatic carbocycles. The Morgan fingerprint density at radius 1 is 1.10 bits per heavy atom. The van der Waals surface area contributed by atoms with Gasteiger partial charge in [0.1, 0.15) is 4.90 Å². The van der Waals surface area contributed by atoms with Crippen LogP contribution in [0.15, 0.2) is 28.2 Å². The van der Waals surface area contributed by atoms with Crippen LogP contribution in [0.25, 0.3) is 0 Å². The fourth-order valence-electron chi connectivity index (χ4n) is 3.57. The van der Waals surface area contributed by atoms with Crippen molar-refractivity contribution in [3.63, 3.8) is 0 Å². The van der Waals surface area contributed by atoms with E-state index < -0.39 is 15.5 Å². The highest BCUT2D eigenvalue weighted by Crippen LogP contribution is 2.46. The van der Waals surface area contributed by atoms with Crippen molar-refractivity contribution in [3.8, 4) is 0 Å². The predicted molar refractivity (Wildman–Crippen MR) is 76.0 cm³/mol. The van der Waals surface area contributed by atoms with Crippen molar-refractivity contribution in [2.45, 2.75) is 43.4 Å². The molecule has 110 valence electrons. The summed E-state index contributed by atoms with van der Waals surface area (Å²) in [4.78, 5) is 14.3. The van der Waals surface area contributed by atoms with Gasteiger partial charge in [-0.25, -0.2) is 8.42 Å². The third kappa shape index (κ3) is 2.31. The van der Waals surface area contributed by atoms with Crippen LogP contribution in [0.2, 0.25) is 0 Å². The predicted octanol–water partition coefficient (Wildman–Crippen LogP) is 1.72. The van der Waals surface area contributed by atoms with E-state index in [1.165, 1.54) is 48.4 Å². The van der Waals surface area contributed by atoms with Gasteiger partial charge in [-0.05, 0) is 31.1 Å². The maximum Gasteiger partial charge on any atom is 0.248 e. The van der Waals surface area contributed by atoms with Crippen LogP contribution in [-0.2, 0) is 10.0 Å². The van der Waals surface area contributed by atoms with E-state index >= 15 is 0 Å². The standard InChI is InChI=1S/C14H20N2O3S/c17-12-3-8-15-11-13(12)20(18,19)16-9-6-14(7-10-16)4-1-2-5-14/h3,8,11H,1-2,4-7,9-10H2,(H,15,17). The number of pyridine rings is 1. The smallest absolute Gasteiger partial charge is 0.248 e. The third-order valence-electron chi connectivity index (χ3n) is 4.85. The minimum atomic E-state index is -3.65. The Balaban J connectivity index is 1.81. The zero-order valence-electron chi connectivity index (χ0n) is 11.5. The highest BCUT2D eigenvalue weighted by atomic mass is 32.2. The van der Waals surface area contributed by atoms with E-state index in [4.69, 9.17) is 0 Å². The largest absolute Gasteiger partial charge is 0.366 e. The quantitative estimate of drug-likeness (QED) is 0.903. The molecule has 0 bridgehead atoms. The second-order valence-electron chi connectivity index (χ2n) is 5.98. The van der Waals surface area contributed by atoms with E-state index in [0.717, 1.165) is 12.8 Å². The summed E-state index contributed by atoms with van der Waals surface area (Å²) >= 11 is 0. The fraction of sp³-hybridized carbons (Fsp3) is 0.643. The van der Waals surface area contributed by atoms with Gasteiger partial charge in [0, 0.05) is 31.5 Å². The lowest BCUT2D eigenvalue weighted by Gasteiger charge is -2.38. The molecule has 2 aliphatic rings. The van der Waals surface area contributed by atoms with Crippen LogP contribution in [0.5, 0.6) is 0 Å². The number of rotatable bonds is 2. The maximum atomic E-state index is 12.5. The minimum Gasteiger partial charge on any atom is -0.366 e. The van der Waals surface area contributed by atoms with E-state index in [2.05, 4.69) is 4.98 Å². The van der Waals surface area contributed by atoms with E-state index in [0.29, 0.717) is 18.5 Å². The summed E-state index contributed by atoms with van der Waals surface area (Å²) in [6.45, 7) is 1.08. The van der Waals surface area contributed by atoms with Gasteiger partial charge >= 0.3 is 0 Å². The van der Waals surface area contributed by atoms with Crippen LogP contribution in [0, 0.1) is 5.41 Å². The van der Waals surface area contributed by atoms with Crippen LogP contribution in [0.3, 0.4) is 0 Å². The second kappa shape index (κ2) is 5.00. The summed E-state index contributed by atoms with van der Waals surface area (Å²) in [7, 11) is -3.65. The van der Waals surface area contributed by atoms with Gasteiger partial charge in [-0.3, -0.25) is 4.79 Å². The van der Waals surface area contributed by atoms with Crippen LogP contribution in [0.4, 0.5) is 0 Å². The molecule has 1 spiro atoms. The zero-order valence-corrected chi connectivity index (χ0v) is 12.3. The van der Waals surface area contributed by atoms with Crippen molar-refractivity contribution >= 4 is 10.0 Å². The molecule has 0 radical (unpaired) electrons. The molecule has 1 N–H and O–H groups in total. The van der Waals surface area contributed by atoms with Crippen molar-refractivity contribution in [1.82, 2.24) is 9.29 Å². The number of hydrogen-bond acceptors (Lipinski definition) is 3. The highest BCUT2D eigenvalue weighted by molar-refractivity contribution is 7.89. The normalized spacial score (nSPS) is 23.2. The Bertz CT molecular complexity index is 634. The first-order chi connectivity index (χ1) is 9.54. The van der Waals surface area contributed by atoms with Gasteiger partial charge in [-0.1, -0.05) is 12.8 Å². The molecule has 2 heterocycles. The molecule has 1 aromatic heterocycles. The van der Waals surface area contributed by atoms with Gasteiger partial charge in [0.25, 0.3) is 0 Å². The Morgan fingerprint density at radius 2 is 1.75 bits per heavy atom. The van der Waals surface area contributed by atoms with Crippen molar-refractivity contribution in [2.24, 2.45) is 5.41 Å². The fourth-order valence-corrected chi connectivity index (χ4v) is 5.05. The summed E-state index contributed by atoms with van der Waals surface area (Å²) in [6.07, 6.45) is 9.59. The second-order valence-corrected chi connectivity index (χ2v) is 7.89. The van der Waals surface area contributed by atoms with Gasteiger partial charge in [0.05, 0.1) is 0 Å². The molecule has 5 nitrogen and oxygen atoms in total. The number of H-pyrrole nitrogens is 1. The molecule has 1 aliphatic heterocycles. The van der Waals surface area contributed by atoms with Gasteiger partial charge in [0.2, 0.25) is 15.5 Å². The summed E-state index contributed by atoms with van der Waals surface area (Å²) in [5.74, 6) is 0. The molecule has 1 aromatic rings. The van der Waals surface area contributed by atoms with Crippen LogP contribution in [-0.4, -0.2) is 30.8 Å². The summed E-state index contributed by atoms with van der Waals surface area (Å²) in [6, 6.07) is 1.26. The molecule has 0 atom stereocenters. The molecule has 6 heteroatoms. The van der Waals surface area contributed by atoms with Crippen LogP contribution in [0.1, 0.15) is 38.5 Å². The number of piperidine rings is 1. The molecule has 0 aromatic carbocycles. The SMILES string of the molecule is O=c1cc[nH]cc1S(=O)(=O)N1CCC2(CCCC2)CC1. The lowest BCUT2D eigenvalue weighted by molar-refractivity contribution is 0.160. The van der Waals surface area contributed by atoms with Crippen molar-refractivity contribution in [1.29, 1.82) is 0 Å². The summed E-state index contributed by atoms with van der Waals surface area (Å²) in [5.41, 5.74) is -0.0697. The first-order valence-corrected chi connectivity index (χ1v) is 8.65. The van der Waals surface area contributed by atoms with Gasteiger partial charge in [-0.15, -0.1) is 0 Å². The first-order valence-electron chi connectivity index (χ1n) is 7.21.